The van der Waals surface area contributed by atoms with Crippen LogP contribution >= 0.6 is 0 Å². The molecule has 2 heterocycles. The Bertz CT molecular complexity index is 1040. The molecule has 2 aromatic carbocycles. The van der Waals surface area contributed by atoms with Gasteiger partial charge >= 0.3 is 0 Å². The summed E-state index contributed by atoms with van der Waals surface area (Å²) in [6.07, 6.45) is 1.84. The minimum absolute atomic E-state index is 0.131. The molecule has 4 nitrogen and oxygen atoms in total. The summed E-state index contributed by atoms with van der Waals surface area (Å²) in [5, 5.41) is 5.60. The Morgan fingerprint density at radius 2 is 1.67 bits per heavy atom. The van der Waals surface area contributed by atoms with Crippen LogP contribution in [-0.2, 0) is 5.41 Å². The lowest BCUT2D eigenvalue weighted by atomic mass is 9.86. The van der Waals surface area contributed by atoms with Crippen LogP contribution < -0.4 is 5.73 Å². The summed E-state index contributed by atoms with van der Waals surface area (Å²) in [4.78, 5) is 4.60. The average molecular weight is 316 g/mol. The molecule has 4 heteroatoms. The minimum atomic E-state index is 0.131. The van der Waals surface area contributed by atoms with Gasteiger partial charge in [0.05, 0.1) is 5.52 Å². The van der Waals surface area contributed by atoms with Gasteiger partial charge < -0.3 is 5.73 Å². The molecule has 4 aromatic rings. The summed E-state index contributed by atoms with van der Waals surface area (Å²) >= 11 is 0. The minimum Gasteiger partial charge on any atom is -0.383 e. The number of nitrogen functional groups attached to an aromatic ring is 1. The zero-order chi connectivity index (χ0) is 16.9. The highest BCUT2D eigenvalue weighted by molar-refractivity contribution is 5.93. The predicted octanol–water partition coefficient (Wildman–Crippen LogP) is 4.43. The van der Waals surface area contributed by atoms with Crippen LogP contribution in [0.3, 0.4) is 0 Å². The maximum atomic E-state index is 6.40. The highest BCUT2D eigenvalue weighted by Gasteiger charge is 2.15. The van der Waals surface area contributed by atoms with Crippen LogP contribution in [0.5, 0.6) is 0 Å². The van der Waals surface area contributed by atoms with Crippen molar-refractivity contribution in [2.24, 2.45) is 0 Å². The van der Waals surface area contributed by atoms with Crippen molar-refractivity contribution in [1.82, 2.24) is 14.6 Å². The van der Waals surface area contributed by atoms with Crippen molar-refractivity contribution in [2.75, 3.05) is 5.73 Å². The van der Waals surface area contributed by atoms with Gasteiger partial charge in [0.25, 0.3) is 0 Å². The zero-order valence-electron chi connectivity index (χ0n) is 14.1. The van der Waals surface area contributed by atoms with E-state index in [4.69, 9.17) is 5.73 Å². The quantitative estimate of drug-likeness (QED) is 0.565. The number of hydrogen-bond donors (Lipinski definition) is 1. The molecule has 120 valence electrons. The molecular weight excluding hydrogens is 296 g/mol. The molecule has 2 aromatic heterocycles. The largest absolute Gasteiger partial charge is 0.383 e. The third kappa shape index (κ3) is 2.22. The van der Waals surface area contributed by atoms with Crippen molar-refractivity contribution in [1.29, 1.82) is 0 Å². The number of fused-ring (bicyclic) bond motifs is 3. The zero-order valence-corrected chi connectivity index (χ0v) is 14.1. The van der Waals surface area contributed by atoms with E-state index < -0.39 is 0 Å². The molecule has 0 unspecified atom stereocenters. The van der Waals surface area contributed by atoms with Crippen LogP contribution in [0.2, 0.25) is 0 Å². The molecule has 0 saturated carbocycles. The summed E-state index contributed by atoms with van der Waals surface area (Å²) in [6.45, 7) is 6.62. The normalized spacial score (nSPS) is 12.1. The van der Waals surface area contributed by atoms with Crippen LogP contribution in [0.4, 0.5) is 5.82 Å². The van der Waals surface area contributed by atoms with E-state index in [-0.39, 0.29) is 5.41 Å². The second kappa shape index (κ2) is 5.06. The lowest BCUT2D eigenvalue weighted by molar-refractivity contribution is 0.590. The van der Waals surface area contributed by atoms with E-state index in [1.807, 2.05) is 30.5 Å². The third-order valence-electron chi connectivity index (χ3n) is 4.44. The fraction of sp³-hybridized carbons (Fsp3) is 0.200. The lowest BCUT2D eigenvalue weighted by Crippen LogP contribution is -2.10. The van der Waals surface area contributed by atoms with Gasteiger partial charge in [-0.1, -0.05) is 57.2 Å². The fourth-order valence-electron chi connectivity index (χ4n) is 2.99. The summed E-state index contributed by atoms with van der Waals surface area (Å²) < 4.78 is 1.73. The van der Waals surface area contributed by atoms with Gasteiger partial charge in [-0.15, -0.1) is 0 Å². The standard InChI is InChI=1S/C20H20N4/c1-20(2,3)14-10-8-13(9-11-14)16-12-22-19-15-6-4-5-7-17(15)23-24(19)18(16)21/h4-12H,21H2,1-3H3. The molecule has 4 rings (SSSR count). The first-order chi connectivity index (χ1) is 11.4. The first-order valence-corrected chi connectivity index (χ1v) is 8.08. The summed E-state index contributed by atoms with van der Waals surface area (Å²) in [6, 6.07) is 16.4. The number of nitrogens with zero attached hydrogens (tertiary/aromatic N) is 3. The molecule has 0 amide bonds. The summed E-state index contributed by atoms with van der Waals surface area (Å²) in [5.41, 5.74) is 11.5. The molecule has 2 N–H and O–H groups in total. The highest BCUT2D eigenvalue weighted by Crippen LogP contribution is 2.30. The first-order valence-electron chi connectivity index (χ1n) is 8.08. The Labute approximate surface area is 140 Å². The van der Waals surface area contributed by atoms with Gasteiger partial charge in [-0.25, -0.2) is 4.98 Å². The van der Waals surface area contributed by atoms with Gasteiger partial charge in [-0.3, -0.25) is 0 Å². The van der Waals surface area contributed by atoms with E-state index in [1.54, 1.807) is 4.52 Å². The van der Waals surface area contributed by atoms with Crippen molar-refractivity contribution >= 4 is 22.4 Å². The smallest absolute Gasteiger partial charge is 0.165 e. The molecular formula is C20H20N4. The van der Waals surface area contributed by atoms with Gasteiger partial charge in [-0.2, -0.15) is 9.61 Å². The number of rotatable bonds is 1. The van der Waals surface area contributed by atoms with Crippen LogP contribution in [0.25, 0.3) is 27.7 Å². The second-order valence-corrected chi connectivity index (χ2v) is 7.14. The molecule has 24 heavy (non-hydrogen) atoms. The fourth-order valence-corrected chi connectivity index (χ4v) is 2.99. The third-order valence-corrected chi connectivity index (χ3v) is 4.44. The van der Waals surface area contributed by atoms with Crippen LogP contribution in [0.15, 0.2) is 54.7 Å². The second-order valence-electron chi connectivity index (χ2n) is 7.14. The predicted molar refractivity (Wildman–Crippen MR) is 99.0 cm³/mol. The molecule has 0 radical (unpaired) electrons. The maximum Gasteiger partial charge on any atom is 0.165 e. The molecule has 0 aliphatic carbocycles. The number of anilines is 1. The van der Waals surface area contributed by atoms with Crippen molar-refractivity contribution in [2.45, 2.75) is 26.2 Å². The van der Waals surface area contributed by atoms with E-state index in [0.717, 1.165) is 27.7 Å². The average Bonchev–Trinajstić information content (AvgIpc) is 2.94. The van der Waals surface area contributed by atoms with Gasteiger partial charge in [-0.05, 0) is 28.7 Å². The van der Waals surface area contributed by atoms with E-state index in [2.05, 4.69) is 55.1 Å². The van der Waals surface area contributed by atoms with Gasteiger partial charge in [0.1, 0.15) is 5.82 Å². The Hall–Kier alpha value is -2.88. The number of hydrogen-bond acceptors (Lipinski definition) is 3. The van der Waals surface area contributed by atoms with Gasteiger partial charge in [0.2, 0.25) is 0 Å². The lowest BCUT2D eigenvalue weighted by Gasteiger charge is -2.19. The molecule has 0 aliphatic heterocycles. The monoisotopic (exact) mass is 316 g/mol. The molecule has 0 saturated heterocycles. The SMILES string of the molecule is CC(C)(C)c1ccc(-c2cnc3c4ccccc4nn3c2N)cc1. The van der Waals surface area contributed by atoms with Gasteiger partial charge in [0, 0.05) is 17.1 Å². The van der Waals surface area contributed by atoms with Crippen molar-refractivity contribution < 1.29 is 0 Å². The van der Waals surface area contributed by atoms with E-state index in [1.165, 1.54) is 5.56 Å². The molecule has 0 bridgehead atoms. The molecule has 0 fully saturated rings. The van der Waals surface area contributed by atoms with Crippen LogP contribution in [0, 0.1) is 0 Å². The molecule has 0 atom stereocenters. The summed E-state index contributed by atoms with van der Waals surface area (Å²) in [7, 11) is 0. The van der Waals surface area contributed by atoms with Crippen molar-refractivity contribution in [3.8, 4) is 11.1 Å². The molecule has 0 spiro atoms. The van der Waals surface area contributed by atoms with Crippen molar-refractivity contribution in [3.63, 3.8) is 0 Å². The number of benzene rings is 2. The van der Waals surface area contributed by atoms with E-state index >= 15 is 0 Å². The Kier molecular flexibility index (Phi) is 3.10. The Balaban J connectivity index is 1.88. The number of nitrogens with two attached hydrogens (primary N) is 1. The Morgan fingerprint density at radius 3 is 2.38 bits per heavy atom. The number of aromatic nitrogens is 3. The van der Waals surface area contributed by atoms with E-state index in [0.29, 0.717) is 5.82 Å². The first kappa shape index (κ1) is 14.7. The summed E-state index contributed by atoms with van der Waals surface area (Å²) in [5.74, 6) is 0.611. The van der Waals surface area contributed by atoms with Crippen LogP contribution in [0.1, 0.15) is 26.3 Å². The highest BCUT2D eigenvalue weighted by atomic mass is 15.3. The maximum absolute atomic E-state index is 6.40. The van der Waals surface area contributed by atoms with Gasteiger partial charge in [0.15, 0.2) is 5.65 Å². The van der Waals surface area contributed by atoms with Crippen molar-refractivity contribution in [3.05, 3.63) is 60.3 Å². The van der Waals surface area contributed by atoms with E-state index in [9.17, 15) is 0 Å². The molecule has 0 aliphatic rings. The Morgan fingerprint density at radius 1 is 0.958 bits per heavy atom. The topological polar surface area (TPSA) is 56.2 Å². The van der Waals surface area contributed by atoms with Crippen LogP contribution in [-0.4, -0.2) is 14.6 Å².